The van der Waals surface area contributed by atoms with E-state index in [1.807, 2.05) is 0 Å². The van der Waals surface area contributed by atoms with Crippen molar-refractivity contribution >= 4 is 6.03 Å². The summed E-state index contributed by atoms with van der Waals surface area (Å²) in [6, 6.07) is -0.493. The Morgan fingerprint density at radius 2 is 2.44 bits per heavy atom. The normalized spacial score (nSPS) is 7.22. The van der Waals surface area contributed by atoms with Crippen molar-refractivity contribution in [2.45, 2.75) is 13.3 Å². The van der Waals surface area contributed by atoms with Crippen LogP contribution in [0.2, 0.25) is 0 Å². The Kier molecular flexibility index (Phi) is 4.33. The van der Waals surface area contributed by atoms with Gasteiger partial charge in [-0.15, -0.1) is 11.8 Å². The molecule has 0 bridgehead atoms. The number of nitrogens with two attached hydrogens (primary N) is 1. The molecule has 3 heteroatoms. The lowest BCUT2D eigenvalue weighted by atomic mass is 10.4. The molecule has 50 valence electrons. The summed E-state index contributed by atoms with van der Waals surface area (Å²) >= 11 is 0. The average molecular weight is 126 g/mol. The van der Waals surface area contributed by atoms with Gasteiger partial charge >= 0.3 is 6.03 Å². The highest BCUT2D eigenvalue weighted by atomic mass is 16.2. The number of hydrogen-bond donors (Lipinski definition) is 2. The monoisotopic (exact) mass is 126 g/mol. The van der Waals surface area contributed by atoms with Crippen LogP contribution in [0.1, 0.15) is 13.3 Å². The first-order chi connectivity index (χ1) is 4.27. The maximum absolute atomic E-state index is 10.0. The lowest BCUT2D eigenvalue weighted by Crippen LogP contribution is -2.29. The van der Waals surface area contributed by atoms with Crippen molar-refractivity contribution in [2.24, 2.45) is 5.73 Å². The first-order valence-electron chi connectivity index (χ1n) is 2.70. The van der Waals surface area contributed by atoms with Crippen LogP contribution in [0.15, 0.2) is 0 Å². The van der Waals surface area contributed by atoms with E-state index in [-0.39, 0.29) is 0 Å². The van der Waals surface area contributed by atoms with Crippen LogP contribution in [0.5, 0.6) is 0 Å². The highest BCUT2D eigenvalue weighted by Gasteiger charge is 1.85. The molecule has 0 fully saturated rings. The zero-order chi connectivity index (χ0) is 7.11. The third-order valence-electron chi connectivity index (χ3n) is 0.726. The number of rotatable bonds is 2. The number of urea groups is 1. The fourth-order valence-electron chi connectivity index (χ4n) is 0.373. The number of amides is 2. The third kappa shape index (κ3) is 6.83. The van der Waals surface area contributed by atoms with Crippen molar-refractivity contribution in [3.8, 4) is 11.8 Å². The van der Waals surface area contributed by atoms with Gasteiger partial charge in [0.15, 0.2) is 0 Å². The number of nitrogens with one attached hydrogen (secondary N) is 1. The van der Waals surface area contributed by atoms with Crippen LogP contribution in [0.25, 0.3) is 0 Å². The highest BCUT2D eigenvalue weighted by Crippen LogP contribution is 1.69. The summed E-state index contributed by atoms with van der Waals surface area (Å²) in [6.07, 6.45) is 0.666. The van der Waals surface area contributed by atoms with Crippen LogP contribution in [0, 0.1) is 11.8 Å². The molecule has 0 aliphatic carbocycles. The minimum Gasteiger partial charge on any atom is -0.352 e. The zero-order valence-corrected chi connectivity index (χ0v) is 5.40. The van der Waals surface area contributed by atoms with E-state index in [2.05, 4.69) is 17.2 Å². The molecular formula is C6H10N2O. The molecule has 2 amide bonds. The number of primary amides is 1. The van der Waals surface area contributed by atoms with Gasteiger partial charge in [-0.3, -0.25) is 0 Å². The predicted octanol–water partition coefficient (Wildman–Crippen LogP) is 0.0681. The van der Waals surface area contributed by atoms with Gasteiger partial charge in [0.25, 0.3) is 0 Å². The fourth-order valence-corrected chi connectivity index (χ4v) is 0.373. The first kappa shape index (κ1) is 7.83. The summed E-state index contributed by atoms with van der Waals surface area (Å²) in [5, 5.41) is 2.42. The van der Waals surface area contributed by atoms with Gasteiger partial charge < -0.3 is 11.1 Å². The van der Waals surface area contributed by atoms with E-state index >= 15 is 0 Å². The van der Waals surface area contributed by atoms with Gasteiger partial charge in [-0.25, -0.2) is 4.79 Å². The lowest BCUT2D eigenvalue weighted by Gasteiger charge is -1.93. The molecule has 9 heavy (non-hydrogen) atoms. The van der Waals surface area contributed by atoms with Crippen molar-refractivity contribution in [1.82, 2.24) is 5.32 Å². The quantitative estimate of drug-likeness (QED) is 0.399. The number of hydrogen-bond acceptors (Lipinski definition) is 1. The van der Waals surface area contributed by atoms with E-state index in [4.69, 9.17) is 5.73 Å². The molecule has 0 aliphatic heterocycles. The molecule has 0 heterocycles. The molecule has 0 unspecified atom stereocenters. The van der Waals surface area contributed by atoms with Gasteiger partial charge in [-0.05, 0) is 6.92 Å². The second kappa shape index (κ2) is 4.98. The third-order valence-corrected chi connectivity index (χ3v) is 0.726. The second-order valence-electron chi connectivity index (χ2n) is 1.47. The average Bonchev–Trinajstić information content (AvgIpc) is 1.80. The maximum atomic E-state index is 10.0. The van der Waals surface area contributed by atoms with Crippen LogP contribution in [0.4, 0.5) is 4.79 Å². The van der Waals surface area contributed by atoms with E-state index in [9.17, 15) is 4.79 Å². The van der Waals surface area contributed by atoms with Crippen LogP contribution >= 0.6 is 0 Å². The molecule has 0 atom stereocenters. The van der Waals surface area contributed by atoms with E-state index in [0.29, 0.717) is 13.0 Å². The Morgan fingerprint density at radius 3 is 2.89 bits per heavy atom. The molecule has 0 radical (unpaired) electrons. The molecule has 0 saturated carbocycles. The van der Waals surface area contributed by atoms with Crippen LogP contribution in [-0.4, -0.2) is 12.6 Å². The van der Waals surface area contributed by atoms with Crippen molar-refractivity contribution in [3.05, 3.63) is 0 Å². The Morgan fingerprint density at radius 1 is 1.78 bits per heavy atom. The minimum absolute atomic E-state index is 0.493. The Labute approximate surface area is 54.6 Å². The van der Waals surface area contributed by atoms with Crippen molar-refractivity contribution in [3.63, 3.8) is 0 Å². The molecule has 3 N–H and O–H groups in total. The Hall–Kier alpha value is -1.17. The molecule has 0 aromatic rings. The molecule has 0 spiro atoms. The van der Waals surface area contributed by atoms with E-state index in [1.54, 1.807) is 6.92 Å². The minimum atomic E-state index is -0.493. The summed E-state index contributed by atoms with van der Waals surface area (Å²) in [6.45, 7) is 2.29. The van der Waals surface area contributed by atoms with E-state index in [0.717, 1.165) is 0 Å². The van der Waals surface area contributed by atoms with E-state index in [1.165, 1.54) is 0 Å². The van der Waals surface area contributed by atoms with Gasteiger partial charge in [-0.2, -0.15) is 0 Å². The van der Waals surface area contributed by atoms with Gasteiger partial charge in [0.1, 0.15) is 0 Å². The molecule has 0 aromatic heterocycles. The summed E-state index contributed by atoms with van der Waals surface area (Å²) in [5.74, 6) is 5.48. The van der Waals surface area contributed by atoms with Gasteiger partial charge in [0.2, 0.25) is 0 Å². The fraction of sp³-hybridized carbons (Fsp3) is 0.500. The molecular weight excluding hydrogens is 116 g/mol. The summed E-state index contributed by atoms with van der Waals surface area (Å²) in [5.41, 5.74) is 4.78. The topological polar surface area (TPSA) is 55.1 Å². The summed E-state index contributed by atoms with van der Waals surface area (Å²) in [4.78, 5) is 10.0. The van der Waals surface area contributed by atoms with Crippen LogP contribution in [-0.2, 0) is 0 Å². The Balaban J connectivity index is 3.07. The predicted molar refractivity (Wildman–Crippen MR) is 35.7 cm³/mol. The SMILES string of the molecule is CC#CCCNC(N)=O. The number of carbonyl (C=O) groups excluding carboxylic acids is 1. The van der Waals surface area contributed by atoms with Crippen molar-refractivity contribution < 1.29 is 4.79 Å². The Bertz CT molecular complexity index is 143. The molecule has 3 nitrogen and oxygen atoms in total. The summed E-state index contributed by atoms with van der Waals surface area (Å²) in [7, 11) is 0. The largest absolute Gasteiger partial charge is 0.352 e. The lowest BCUT2D eigenvalue weighted by molar-refractivity contribution is 0.249. The number of carbonyl (C=O) groups is 1. The smallest absolute Gasteiger partial charge is 0.312 e. The second-order valence-corrected chi connectivity index (χ2v) is 1.47. The van der Waals surface area contributed by atoms with Crippen molar-refractivity contribution in [1.29, 1.82) is 0 Å². The standard InChI is InChI=1S/C6H10N2O/c1-2-3-4-5-8-6(7)9/h4-5H2,1H3,(H3,7,8,9). The van der Waals surface area contributed by atoms with Gasteiger partial charge in [-0.1, -0.05) is 0 Å². The summed E-state index contributed by atoms with van der Waals surface area (Å²) < 4.78 is 0. The van der Waals surface area contributed by atoms with E-state index < -0.39 is 6.03 Å². The van der Waals surface area contributed by atoms with Crippen molar-refractivity contribution in [2.75, 3.05) is 6.54 Å². The molecule has 0 saturated heterocycles. The van der Waals surface area contributed by atoms with Crippen LogP contribution in [0.3, 0.4) is 0 Å². The zero-order valence-electron chi connectivity index (χ0n) is 5.40. The molecule has 0 aromatic carbocycles. The van der Waals surface area contributed by atoms with Crippen LogP contribution < -0.4 is 11.1 Å². The molecule has 0 aliphatic rings. The molecule has 0 rings (SSSR count). The highest BCUT2D eigenvalue weighted by molar-refractivity contribution is 5.71. The van der Waals surface area contributed by atoms with Gasteiger partial charge in [0.05, 0.1) is 0 Å². The van der Waals surface area contributed by atoms with Gasteiger partial charge in [0, 0.05) is 13.0 Å². The first-order valence-corrected chi connectivity index (χ1v) is 2.70. The maximum Gasteiger partial charge on any atom is 0.312 e.